The number of carbonyl (C=O) groups excluding carboxylic acids is 1. The second-order valence-corrected chi connectivity index (χ2v) is 7.88. The van der Waals surface area contributed by atoms with Gasteiger partial charge in [-0.3, -0.25) is 14.2 Å². The van der Waals surface area contributed by atoms with Gasteiger partial charge in [-0.15, -0.1) is 0 Å². The van der Waals surface area contributed by atoms with Crippen molar-refractivity contribution in [3.63, 3.8) is 0 Å². The van der Waals surface area contributed by atoms with E-state index in [-0.39, 0.29) is 17.5 Å². The van der Waals surface area contributed by atoms with Gasteiger partial charge in [0.15, 0.2) is 0 Å². The summed E-state index contributed by atoms with van der Waals surface area (Å²) >= 11 is 0. The van der Waals surface area contributed by atoms with Crippen molar-refractivity contribution in [2.24, 2.45) is 0 Å². The molecule has 3 aromatic carbocycles. The molecular weight excluding hydrogens is 398 g/mol. The van der Waals surface area contributed by atoms with E-state index in [1.165, 1.54) is 0 Å². The van der Waals surface area contributed by atoms with Crippen LogP contribution in [0.15, 0.2) is 89.7 Å². The van der Waals surface area contributed by atoms with Crippen LogP contribution in [0.1, 0.15) is 36.8 Å². The van der Waals surface area contributed by atoms with Crippen LogP contribution in [0, 0.1) is 0 Å². The molecule has 1 aromatic heterocycles. The summed E-state index contributed by atoms with van der Waals surface area (Å²) in [4.78, 5) is 33.3. The summed E-state index contributed by atoms with van der Waals surface area (Å²) in [5, 5.41) is 0.582. The number of nitrogens with zero attached hydrogens (tertiary/aromatic N) is 3. The number of likely N-dealkylation sites (N-methyl/N-ethyl adjacent to an activating group) is 1. The van der Waals surface area contributed by atoms with Gasteiger partial charge in [0, 0.05) is 6.54 Å². The Labute approximate surface area is 188 Å². The lowest BCUT2D eigenvalue weighted by Gasteiger charge is -2.29. The molecule has 1 heterocycles. The van der Waals surface area contributed by atoms with E-state index in [9.17, 15) is 9.59 Å². The summed E-state index contributed by atoms with van der Waals surface area (Å²) in [6.45, 7) is 4.84. The zero-order valence-electron chi connectivity index (χ0n) is 18.4. The van der Waals surface area contributed by atoms with Gasteiger partial charge in [-0.05, 0) is 37.1 Å². The summed E-state index contributed by atoms with van der Waals surface area (Å²) in [6, 6.07) is 26.6. The van der Waals surface area contributed by atoms with Crippen molar-refractivity contribution in [3.05, 3.63) is 112 Å². The van der Waals surface area contributed by atoms with E-state index in [1.807, 2.05) is 92.7 Å². The quantitative estimate of drug-likeness (QED) is 0.435. The number of fused-ring (bicyclic) bond motifs is 1. The van der Waals surface area contributed by atoms with Crippen molar-refractivity contribution in [2.75, 3.05) is 6.54 Å². The van der Waals surface area contributed by atoms with Gasteiger partial charge in [0.1, 0.15) is 5.82 Å². The van der Waals surface area contributed by atoms with Gasteiger partial charge in [-0.2, -0.15) is 0 Å². The molecule has 0 saturated heterocycles. The molecular formula is C27H27N3O2. The third kappa shape index (κ3) is 4.47. The first-order chi connectivity index (χ1) is 15.6. The molecule has 162 valence electrons. The van der Waals surface area contributed by atoms with Gasteiger partial charge in [0.2, 0.25) is 5.91 Å². The highest BCUT2D eigenvalue weighted by atomic mass is 16.2. The first-order valence-electron chi connectivity index (χ1n) is 10.9. The topological polar surface area (TPSA) is 55.2 Å². The molecule has 1 atom stereocenters. The van der Waals surface area contributed by atoms with Gasteiger partial charge >= 0.3 is 0 Å². The van der Waals surface area contributed by atoms with Crippen LogP contribution in [-0.2, 0) is 17.8 Å². The fourth-order valence-corrected chi connectivity index (χ4v) is 4.10. The average Bonchev–Trinajstić information content (AvgIpc) is 2.82. The van der Waals surface area contributed by atoms with Crippen LogP contribution >= 0.6 is 0 Å². The molecule has 0 fully saturated rings. The van der Waals surface area contributed by atoms with E-state index in [0.29, 0.717) is 36.2 Å². The molecule has 32 heavy (non-hydrogen) atoms. The van der Waals surface area contributed by atoms with Crippen LogP contribution in [0.4, 0.5) is 0 Å². The van der Waals surface area contributed by atoms with E-state index < -0.39 is 0 Å². The van der Waals surface area contributed by atoms with Gasteiger partial charge in [-0.1, -0.05) is 72.8 Å². The molecule has 0 saturated carbocycles. The largest absolute Gasteiger partial charge is 0.333 e. The standard InChI is InChI=1S/C27H27N3O2/c1-3-29(25(31)18-21-12-6-4-7-13-21)20(2)26-28-24-17-11-10-16-23(24)27(32)30(26)19-22-14-8-5-9-15-22/h4-17,20H,3,18-19H2,1-2H3/t20-/m0/s1. The van der Waals surface area contributed by atoms with E-state index >= 15 is 0 Å². The van der Waals surface area contributed by atoms with Crippen LogP contribution < -0.4 is 5.56 Å². The van der Waals surface area contributed by atoms with Crippen LogP contribution in [0.3, 0.4) is 0 Å². The lowest BCUT2D eigenvalue weighted by molar-refractivity contribution is -0.132. The van der Waals surface area contributed by atoms with Crippen molar-refractivity contribution in [1.29, 1.82) is 0 Å². The Morgan fingerprint density at radius 3 is 2.16 bits per heavy atom. The molecule has 0 aliphatic heterocycles. The Balaban J connectivity index is 1.76. The number of rotatable bonds is 7. The molecule has 0 unspecified atom stereocenters. The fourth-order valence-electron chi connectivity index (χ4n) is 4.10. The van der Waals surface area contributed by atoms with Gasteiger partial charge in [0.25, 0.3) is 5.56 Å². The number of aromatic nitrogens is 2. The van der Waals surface area contributed by atoms with Crippen LogP contribution in [0.5, 0.6) is 0 Å². The van der Waals surface area contributed by atoms with Crippen molar-refractivity contribution in [2.45, 2.75) is 32.9 Å². The molecule has 4 aromatic rings. The Morgan fingerprint density at radius 2 is 1.50 bits per heavy atom. The zero-order chi connectivity index (χ0) is 22.5. The number of amides is 1. The van der Waals surface area contributed by atoms with Gasteiger partial charge in [0.05, 0.1) is 29.9 Å². The molecule has 4 rings (SSSR count). The summed E-state index contributed by atoms with van der Waals surface area (Å²) in [6.07, 6.45) is 0.315. The van der Waals surface area contributed by atoms with Crippen LogP contribution in [0.25, 0.3) is 10.9 Å². The Morgan fingerprint density at radius 1 is 0.906 bits per heavy atom. The smallest absolute Gasteiger partial charge is 0.261 e. The summed E-state index contributed by atoms with van der Waals surface area (Å²) in [5.41, 5.74) is 2.54. The molecule has 0 N–H and O–H groups in total. The monoisotopic (exact) mass is 425 g/mol. The maximum absolute atomic E-state index is 13.4. The van der Waals surface area contributed by atoms with Crippen molar-refractivity contribution < 1.29 is 4.79 Å². The van der Waals surface area contributed by atoms with Crippen LogP contribution in [0.2, 0.25) is 0 Å². The highest BCUT2D eigenvalue weighted by Crippen LogP contribution is 2.22. The molecule has 0 aliphatic rings. The first-order valence-corrected chi connectivity index (χ1v) is 10.9. The van der Waals surface area contributed by atoms with E-state index in [1.54, 1.807) is 15.5 Å². The summed E-state index contributed by atoms with van der Waals surface area (Å²) in [7, 11) is 0. The fraction of sp³-hybridized carbons (Fsp3) is 0.222. The number of hydrogen-bond acceptors (Lipinski definition) is 3. The lowest BCUT2D eigenvalue weighted by Crippen LogP contribution is -2.38. The molecule has 0 spiro atoms. The summed E-state index contributed by atoms with van der Waals surface area (Å²) in [5.74, 6) is 0.612. The molecule has 5 heteroatoms. The van der Waals surface area contributed by atoms with Gasteiger partial charge in [-0.25, -0.2) is 4.98 Å². The van der Waals surface area contributed by atoms with E-state index in [2.05, 4.69) is 0 Å². The van der Waals surface area contributed by atoms with Crippen molar-refractivity contribution in [1.82, 2.24) is 14.5 Å². The average molecular weight is 426 g/mol. The number of para-hydroxylation sites is 1. The maximum Gasteiger partial charge on any atom is 0.261 e. The predicted molar refractivity (Wildman–Crippen MR) is 127 cm³/mol. The van der Waals surface area contributed by atoms with Crippen molar-refractivity contribution in [3.8, 4) is 0 Å². The van der Waals surface area contributed by atoms with E-state index in [0.717, 1.165) is 11.1 Å². The SMILES string of the molecule is CCN(C(=O)Cc1ccccc1)[C@@H](C)c1nc2ccccc2c(=O)n1Cc1ccccc1. The predicted octanol–water partition coefficient (Wildman–Crippen LogP) is 4.60. The second kappa shape index (κ2) is 9.60. The highest BCUT2D eigenvalue weighted by molar-refractivity contribution is 5.80. The minimum Gasteiger partial charge on any atom is -0.333 e. The van der Waals surface area contributed by atoms with Crippen LogP contribution in [-0.4, -0.2) is 26.9 Å². The minimum atomic E-state index is -0.350. The Kier molecular flexibility index (Phi) is 6.45. The third-order valence-corrected chi connectivity index (χ3v) is 5.78. The van der Waals surface area contributed by atoms with E-state index in [4.69, 9.17) is 4.98 Å². The Bertz CT molecular complexity index is 1270. The van der Waals surface area contributed by atoms with Gasteiger partial charge < -0.3 is 4.90 Å². The zero-order valence-corrected chi connectivity index (χ0v) is 18.4. The Hall–Kier alpha value is -3.73. The molecule has 0 aliphatic carbocycles. The molecule has 1 amide bonds. The molecule has 5 nitrogen and oxygen atoms in total. The number of carbonyl (C=O) groups is 1. The number of benzene rings is 3. The molecule has 0 bridgehead atoms. The highest BCUT2D eigenvalue weighted by Gasteiger charge is 2.25. The number of hydrogen-bond donors (Lipinski definition) is 0. The molecule has 0 radical (unpaired) electrons. The third-order valence-electron chi connectivity index (χ3n) is 5.78. The normalized spacial score (nSPS) is 11.9. The van der Waals surface area contributed by atoms with Crippen molar-refractivity contribution >= 4 is 16.8 Å². The second-order valence-electron chi connectivity index (χ2n) is 7.88. The maximum atomic E-state index is 13.4. The minimum absolute atomic E-state index is 0.0138. The first kappa shape index (κ1) is 21.5. The summed E-state index contributed by atoms with van der Waals surface area (Å²) < 4.78 is 1.71. The lowest BCUT2D eigenvalue weighted by atomic mass is 10.1.